The Balaban J connectivity index is 1.67. The predicted octanol–water partition coefficient (Wildman–Crippen LogP) is 3.74. The molecule has 1 aliphatic heterocycles. The lowest BCUT2D eigenvalue weighted by molar-refractivity contribution is 0.0961. The van der Waals surface area contributed by atoms with Gasteiger partial charge in [0, 0.05) is 12.0 Å². The molecule has 0 amide bonds. The van der Waals surface area contributed by atoms with Crippen molar-refractivity contribution in [1.82, 2.24) is 0 Å². The number of hydrogen-bond donors (Lipinski definition) is 0. The molecule has 0 aromatic rings. The van der Waals surface area contributed by atoms with Crippen LogP contribution in [0.3, 0.4) is 0 Å². The molecular formula is C12H21ClO. The average Bonchev–Trinajstić information content (AvgIpc) is 2.69. The number of alkyl halides is 1. The van der Waals surface area contributed by atoms with E-state index in [1.807, 2.05) is 0 Å². The molecule has 1 saturated heterocycles. The van der Waals surface area contributed by atoms with Crippen molar-refractivity contribution in [3.8, 4) is 0 Å². The molecule has 14 heavy (non-hydrogen) atoms. The van der Waals surface area contributed by atoms with Gasteiger partial charge in [-0.25, -0.2) is 0 Å². The minimum Gasteiger partial charge on any atom is -0.378 e. The van der Waals surface area contributed by atoms with Crippen molar-refractivity contribution < 1.29 is 4.74 Å². The van der Waals surface area contributed by atoms with Crippen molar-refractivity contribution in [3.63, 3.8) is 0 Å². The van der Waals surface area contributed by atoms with Crippen LogP contribution < -0.4 is 0 Å². The fourth-order valence-corrected chi connectivity index (χ4v) is 3.17. The van der Waals surface area contributed by atoms with Crippen LogP contribution in [-0.2, 0) is 4.74 Å². The summed E-state index contributed by atoms with van der Waals surface area (Å²) in [4.78, 5) is 0. The van der Waals surface area contributed by atoms with Gasteiger partial charge in [0.2, 0.25) is 0 Å². The third-order valence-corrected chi connectivity index (χ3v) is 4.27. The molecule has 3 unspecified atom stereocenters. The van der Waals surface area contributed by atoms with Gasteiger partial charge in [-0.15, -0.1) is 11.6 Å². The zero-order valence-corrected chi connectivity index (χ0v) is 9.64. The molecule has 3 atom stereocenters. The summed E-state index contributed by atoms with van der Waals surface area (Å²) in [5.74, 6) is 0.773. The predicted molar refractivity (Wildman–Crippen MR) is 59.8 cm³/mol. The van der Waals surface area contributed by atoms with Gasteiger partial charge in [0.05, 0.1) is 6.10 Å². The number of rotatable bonds is 3. The second-order valence-corrected chi connectivity index (χ2v) is 5.33. The van der Waals surface area contributed by atoms with E-state index in [1.54, 1.807) is 0 Å². The highest BCUT2D eigenvalue weighted by Crippen LogP contribution is 2.33. The van der Waals surface area contributed by atoms with E-state index < -0.39 is 0 Å². The Hall–Kier alpha value is 0.250. The molecule has 0 N–H and O–H groups in total. The summed E-state index contributed by atoms with van der Waals surface area (Å²) in [7, 11) is 0. The maximum absolute atomic E-state index is 6.33. The maximum atomic E-state index is 6.33. The van der Waals surface area contributed by atoms with Gasteiger partial charge in [-0.05, 0) is 44.4 Å². The molecule has 2 heteroatoms. The monoisotopic (exact) mass is 216 g/mol. The largest absolute Gasteiger partial charge is 0.378 e. The van der Waals surface area contributed by atoms with Gasteiger partial charge in [-0.3, -0.25) is 0 Å². The van der Waals surface area contributed by atoms with Gasteiger partial charge in [-0.2, -0.15) is 0 Å². The van der Waals surface area contributed by atoms with Gasteiger partial charge in [0.15, 0.2) is 0 Å². The molecule has 1 nitrogen and oxygen atoms in total. The van der Waals surface area contributed by atoms with Crippen LogP contribution >= 0.6 is 11.6 Å². The van der Waals surface area contributed by atoms with E-state index in [2.05, 4.69) is 0 Å². The molecule has 2 fully saturated rings. The van der Waals surface area contributed by atoms with E-state index in [0.29, 0.717) is 11.5 Å². The Bertz CT molecular complexity index is 166. The molecule has 2 rings (SSSR count). The summed E-state index contributed by atoms with van der Waals surface area (Å²) >= 11 is 6.33. The summed E-state index contributed by atoms with van der Waals surface area (Å²) in [5.41, 5.74) is 0. The second kappa shape index (κ2) is 5.37. The molecule has 1 heterocycles. The standard InChI is InChI=1S/C12H21ClO/c13-12-6-2-1-4-10(12)7-8-11-5-3-9-14-11/h10-12H,1-9H2. The van der Waals surface area contributed by atoms with E-state index >= 15 is 0 Å². The fraction of sp³-hybridized carbons (Fsp3) is 1.00. The topological polar surface area (TPSA) is 9.23 Å². The minimum absolute atomic E-state index is 0.449. The zero-order valence-electron chi connectivity index (χ0n) is 8.88. The summed E-state index contributed by atoms with van der Waals surface area (Å²) < 4.78 is 5.64. The van der Waals surface area contributed by atoms with Crippen LogP contribution in [0.5, 0.6) is 0 Å². The van der Waals surface area contributed by atoms with Gasteiger partial charge >= 0.3 is 0 Å². The Kier molecular flexibility index (Phi) is 4.12. The SMILES string of the molecule is ClC1CCCCC1CCC1CCCO1. The van der Waals surface area contributed by atoms with Crippen LogP contribution in [0.1, 0.15) is 51.4 Å². The second-order valence-electron chi connectivity index (χ2n) is 4.77. The van der Waals surface area contributed by atoms with Crippen molar-refractivity contribution in [2.45, 2.75) is 62.8 Å². The first kappa shape index (κ1) is 10.8. The first-order valence-corrected chi connectivity index (χ1v) is 6.55. The van der Waals surface area contributed by atoms with Crippen molar-refractivity contribution in [2.75, 3.05) is 6.61 Å². The third-order valence-electron chi connectivity index (χ3n) is 3.70. The quantitative estimate of drug-likeness (QED) is 0.653. The Morgan fingerprint density at radius 2 is 1.86 bits per heavy atom. The van der Waals surface area contributed by atoms with E-state index in [9.17, 15) is 0 Å². The van der Waals surface area contributed by atoms with Crippen molar-refractivity contribution >= 4 is 11.6 Å². The molecular weight excluding hydrogens is 196 g/mol. The first-order chi connectivity index (χ1) is 6.86. The van der Waals surface area contributed by atoms with Gasteiger partial charge < -0.3 is 4.74 Å². The summed E-state index contributed by atoms with van der Waals surface area (Å²) in [6.07, 6.45) is 10.9. The Morgan fingerprint density at radius 1 is 1.00 bits per heavy atom. The molecule has 0 spiro atoms. The molecule has 0 aromatic heterocycles. The highest BCUT2D eigenvalue weighted by molar-refractivity contribution is 6.20. The van der Waals surface area contributed by atoms with Gasteiger partial charge in [0.25, 0.3) is 0 Å². The molecule has 0 radical (unpaired) electrons. The average molecular weight is 217 g/mol. The van der Waals surface area contributed by atoms with Crippen LogP contribution in [0.25, 0.3) is 0 Å². The first-order valence-electron chi connectivity index (χ1n) is 6.12. The van der Waals surface area contributed by atoms with Gasteiger partial charge in [-0.1, -0.05) is 12.8 Å². The third kappa shape index (κ3) is 2.87. The van der Waals surface area contributed by atoms with Crippen LogP contribution in [0.2, 0.25) is 0 Å². The smallest absolute Gasteiger partial charge is 0.0576 e. The molecule has 0 aromatic carbocycles. The number of halogens is 1. The fourth-order valence-electron chi connectivity index (χ4n) is 2.76. The van der Waals surface area contributed by atoms with Crippen molar-refractivity contribution in [3.05, 3.63) is 0 Å². The number of ether oxygens (including phenoxy) is 1. The molecule has 2 aliphatic rings. The summed E-state index contributed by atoms with van der Waals surface area (Å²) in [6.45, 7) is 0.986. The van der Waals surface area contributed by atoms with Crippen molar-refractivity contribution in [2.24, 2.45) is 5.92 Å². The molecule has 0 bridgehead atoms. The van der Waals surface area contributed by atoms with Crippen LogP contribution in [0.4, 0.5) is 0 Å². The van der Waals surface area contributed by atoms with E-state index in [-0.39, 0.29) is 0 Å². The maximum Gasteiger partial charge on any atom is 0.0576 e. The Morgan fingerprint density at radius 3 is 2.57 bits per heavy atom. The zero-order chi connectivity index (χ0) is 9.80. The highest BCUT2D eigenvalue weighted by Gasteiger charge is 2.24. The number of hydrogen-bond acceptors (Lipinski definition) is 1. The van der Waals surface area contributed by atoms with Gasteiger partial charge in [0.1, 0.15) is 0 Å². The van der Waals surface area contributed by atoms with Crippen LogP contribution in [0.15, 0.2) is 0 Å². The van der Waals surface area contributed by atoms with E-state index in [4.69, 9.17) is 16.3 Å². The lowest BCUT2D eigenvalue weighted by Gasteiger charge is -2.27. The summed E-state index contributed by atoms with van der Waals surface area (Å²) in [6, 6.07) is 0. The van der Waals surface area contributed by atoms with Crippen molar-refractivity contribution in [1.29, 1.82) is 0 Å². The van der Waals surface area contributed by atoms with E-state index in [0.717, 1.165) is 12.5 Å². The van der Waals surface area contributed by atoms with E-state index in [1.165, 1.54) is 51.4 Å². The molecule has 82 valence electrons. The van der Waals surface area contributed by atoms with Crippen LogP contribution in [0, 0.1) is 5.92 Å². The lowest BCUT2D eigenvalue weighted by atomic mass is 9.85. The lowest BCUT2D eigenvalue weighted by Crippen LogP contribution is -2.21. The summed E-state index contributed by atoms with van der Waals surface area (Å²) in [5, 5.41) is 0.449. The molecule has 1 saturated carbocycles. The van der Waals surface area contributed by atoms with Crippen LogP contribution in [-0.4, -0.2) is 18.1 Å². The normalized spacial score (nSPS) is 38.8. The minimum atomic E-state index is 0.449. The highest BCUT2D eigenvalue weighted by atomic mass is 35.5. The Labute approximate surface area is 92.2 Å². The molecule has 1 aliphatic carbocycles.